The van der Waals surface area contributed by atoms with Gasteiger partial charge in [-0.15, -0.1) is 0 Å². The highest BCUT2D eigenvalue weighted by Crippen LogP contribution is 2.29. The lowest BCUT2D eigenvalue weighted by Crippen LogP contribution is -2.27. The molecule has 5 heteroatoms. The summed E-state index contributed by atoms with van der Waals surface area (Å²) in [5.74, 6) is 0.0266. The predicted molar refractivity (Wildman–Crippen MR) is 63.7 cm³/mol. The van der Waals surface area contributed by atoms with Gasteiger partial charge in [-0.1, -0.05) is 0 Å². The summed E-state index contributed by atoms with van der Waals surface area (Å²) in [6.07, 6.45) is 1.88. The second-order valence-corrected chi connectivity index (χ2v) is 4.52. The Hall–Kier alpha value is -1.62. The lowest BCUT2D eigenvalue weighted by Gasteiger charge is -2.23. The maximum absolute atomic E-state index is 14.0. The average molecular weight is 235 g/mol. The molecule has 1 aromatic heterocycles. The molecular weight excluding hydrogens is 221 g/mol. The third-order valence-electron chi connectivity index (χ3n) is 3.41. The Balaban J connectivity index is 2.08. The number of imidazole rings is 1. The molecule has 0 amide bonds. The Morgan fingerprint density at radius 3 is 2.47 bits per heavy atom. The molecule has 0 radical (unpaired) electrons. The molecule has 2 heterocycles. The number of nitrogens with one attached hydrogen (secondary N) is 3. The normalized spacial score (nSPS) is 17.7. The van der Waals surface area contributed by atoms with Crippen LogP contribution >= 0.6 is 0 Å². The van der Waals surface area contributed by atoms with Crippen LogP contribution in [0.15, 0.2) is 16.9 Å². The Kier molecular flexibility index (Phi) is 2.48. The molecule has 1 aliphatic rings. The number of aromatic amines is 2. The zero-order valence-corrected chi connectivity index (χ0v) is 9.35. The highest BCUT2D eigenvalue weighted by Gasteiger charge is 2.19. The van der Waals surface area contributed by atoms with Crippen molar-refractivity contribution in [2.45, 2.75) is 18.8 Å². The van der Waals surface area contributed by atoms with E-state index in [1.807, 2.05) is 0 Å². The molecule has 3 rings (SSSR count). The van der Waals surface area contributed by atoms with E-state index in [4.69, 9.17) is 0 Å². The molecule has 1 aliphatic heterocycles. The molecule has 1 aromatic carbocycles. The van der Waals surface area contributed by atoms with Crippen LogP contribution < -0.4 is 11.0 Å². The van der Waals surface area contributed by atoms with Crippen molar-refractivity contribution in [3.63, 3.8) is 0 Å². The molecule has 1 saturated heterocycles. The van der Waals surface area contributed by atoms with Crippen LogP contribution in [0.25, 0.3) is 11.0 Å². The monoisotopic (exact) mass is 235 g/mol. The second kappa shape index (κ2) is 4.00. The lowest BCUT2D eigenvalue weighted by atomic mass is 9.89. The van der Waals surface area contributed by atoms with Crippen molar-refractivity contribution >= 4 is 11.0 Å². The predicted octanol–water partition coefficient (Wildman–Crippen LogP) is 1.46. The van der Waals surface area contributed by atoms with Gasteiger partial charge in [0.05, 0.1) is 11.0 Å². The molecule has 1 fully saturated rings. The molecule has 4 nitrogen and oxygen atoms in total. The van der Waals surface area contributed by atoms with Crippen molar-refractivity contribution in [1.29, 1.82) is 0 Å². The summed E-state index contributed by atoms with van der Waals surface area (Å²) in [4.78, 5) is 16.4. The van der Waals surface area contributed by atoms with Gasteiger partial charge in [0, 0.05) is 0 Å². The van der Waals surface area contributed by atoms with Gasteiger partial charge in [0.25, 0.3) is 0 Å². The van der Waals surface area contributed by atoms with E-state index in [-0.39, 0.29) is 17.4 Å². The average Bonchev–Trinajstić information content (AvgIpc) is 2.68. The minimum Gasteiger partial charge on any atom is -0.317 e. The number of benzene rings is 1. The summed E-state index contributed by atoms with van der Waals surface area (Å²) in [7, 11) is 0. The van der Waals surface area contributed by atoms with Gasteiger partial charge in [0.1, 0.15) is 5.82 Å². The maximum Gasteiger partial charge on any atom is 0.323 e. The van der Waals surface area contributed by atoms with Crippen molar-refractivity contribution in [3.8, 4) is 0 Å². The molecule has 2 aromatic rings. The van der Waals surface area contributed by atoms with E-state index in [1.54, 1.807) is 6.07 Å². The number of H-pyrrole nitrogens is 2. The Labute approximate surface area is 97.2 Å². The van der Waals surface area contributed by atoms with E-state index in [0.29, 0.717) is 16.6 Å². The van der Waals surface area contributed by atoms with E-state index < -0.39 is 0 Å². The largest absolute Gasteiger partial charge is 0.323 e. The minimum atomic E-state index is -0.290. The Morgan fingerprint density at radius 2 is 1.76 bits per heavy atom. The third-order valence-corrected chi connectivity index (χ3v) is 3.41. The van der Waals surface area contributed by atoms with Crippen LogP contribution in [-0.4, -0.2) is 23.1 Å². The lowest BCUT2D eigenvalue weighted by molar-refractivity contribution is 0.445. The van der Waals surface area contributed by atoms with Crippen LogP contribution in [0, 0.1) is 5.82 Å². The zero-order valence-electron chi connectivity index (χ0n) is 9.35. The number of fused-ring (bicyclic) bond motifs is 1. The van der Waals surface area contributed by atoms with Gasteiger partial charge in [0.2, 0.25) is 0 Å². The molecule has 0 unspecified atom stereocenters. The van der Waals surface area contributed by atoms with Gasteiger partial charge in [-0.3, -0.25) is 0 Å². The summed E-state index contributed by atoms with van der Waals surface area (Å²) in [6, 6.07) is 3.17. The number of halogens is 1. The van der Waals surface area contributed by atoms with Crippen LogP contribution in [0.4, 0.5) is 4.39 Å². The van der Waals surface area contributed by atoms with Gasteiger partial charge in [-0.25, -0.2) is 9.18 Å². The molecule has 0 spiro atoms. The zero-order chi connectivity index (χ0) is 11.8. The van der Waals surface area contributed by atoms with Crippen molar-refractivity contribution in [1.82, 2.24) is 15.3 Å². The first-order chi connectivity index (χ1) is 8.24. The van der Waals surface area contributed by atoms with Gasteiger partial charge in [0.15, 0.2) is 0 Å². The number of rotatable bonds is 1. The molecule has 17 heavy (non-hydrogen) atoms. The topological polar surface area (TPSA) is 60.7 Å². The first-order valence-corrected chi connectivity index (χ1v) is 5.86. The first kappa shape index (κ1) is 10.5. The summed E-state index contributed by atoms with van der Waals surface area (Å²) in [6.45, 7) is 1.84. The van der Waals surface area contributed by atoms with Crippen LogP contribution in [0.5, 0.6) is 0 Å². The number of aromatic nitrogens is 2. The number of piperidine rings is 1. The summed E-state index contributed by atoms with van der Waals surface area (Å²) < 4.78 is 14.0. The van der Waals surface area contributed by atoms with Crippen LogP contribution in [-0.2, 0) is 0 Å². The van der Waals surface area contributed by atoms with Crippen LogP contribution in [0.3, 0.4) is 0 Å². The van der Waals surface area contributed by atoms with E-state index in [0.717, 1.165) is 25.9 Å². The molecule has 3 N–H and O–H groups in total. The van der Waals surface area contributed by atoms with Crippen molar-refractivity contribution < 1.29 is 4.39 Å². The van der Waals surface area contributed by atoms with Gasteiger partial charge in [-0.2, -0.15) is 0 Å². The van der Waals surface area contributed by atoms with E-state index in [1.165, 1.54) is 6.07 Å². The number of hydrogen-bond acceptors (Lipinski definition) is 2. The maximum atomic E-state index is 14.0. The number of hydrogen-bond donors (Lipinski definition) is 3. The van der Waals surface area contributed by atoms with Gasteiger partial charge >= 0.3 is 5.69 Å². The van der Waals surface area contributed by atoms with Crippen molar-refractivity contribution in [2.24, 2.45) is 0 Å². The second-order valence-electron chi connectivity index (χ2n) is 4.52. The summed E-state index contributed by atoms with van der Waals surface area (Å²) in [5.41, 5.74) is 1.64. The van der Waals surface area contributed by atoms with Crippen LogP contribution in [0.1, 0.15) is 24.3 Å². The molecular formula is C12H14FN3O. The third kappa shape index (κ3) is 1.86. The fraction of sp³-hybridized carbons (Fsp3) is 0.417. The van der Waals surface area contributed by atoms with Gasteiger partial charge < -0.3 is 15.3 Å². The van der Waals surface area contributed by atoms with Crippen LogP contribution in [0.2, 0.25) is 0 Å². The highest BCUT2D eigenvalue weighted by atomic mass is 19.1. The van der Waals surface area contributed by atoms with E-state index in [9.17, 15) is 9.18 Å². The standard InChI is InChI=1S/C12H14FN3O/c13-9-6-11-10(15-12(17)16-11)5-8(9)7-1-3-14-4-2-7/h5-7,14H,1-4H2,(H2,15,16,17). The van der Waals surface area contributed by atoms with Crippen molar-refractivity contribution in [2.75, 3.05) is 13.1 Å². The molecule has 0 bridgehead atoms. The minimum absolute atomic E-state index is 0.223. The SMILES string of the molecule is O=c1[nH]c2cc(F)c(C3CCNCC3)cc2[nH]1. The summed E-state index contributed by atoms with van der Waals surface area (Å²) >= 11 is 0. The van der Waals surface area contributed by atoms with Gasteiger partial charge in [-0.05, 0) is 49.5 Å². The smallest absolute Gasteiger partial charge is 0.317 e. The molecule has 90 valence electrons. The Bertz CT molecular complexity index is 595. The quantitative estimate of drug-likeness (QED) is 0.700. The molecule has 0 atom stereocenters. The fourth-order valence-electron chi connectivity index (χ4n) is 2.52. The fourth-order valence-corrected chi connectivity index (χ4v) is 2.52. The summed E-state index contributed by atoms with van der Waals surface area (Å²) in [5, 5.41) is 3.26. The first-order valence-electron chi connectivity index (χ1n) is 5.86. The van der Waals surface area contributed by atoms with E-state index in [2.05, 4.69) is 15.3 Å². The Morgan fingerprint density at radius 1 is 1.12 bits per heavy atom. The molecule has 0 aliphatic carbocycles. The molecule has 0 saturated carbocycles. The van der Waals surface area contributed by atoms with E-state index >= 15 is 0 Å². The van der Waals surface area contributed by atoms with Crippen molar-refractivity contribution in [3.05, 3.63) is 34.0 Å². The highest BCUT2D eigenvalue weighted by molar-refractivity contribution is 5.75.